The van der Waals surface area contributed by atoms with Gasteiger partial charge in [-0.05, 0) is 55.0 Å². The van der Waals surface area contributed by atoms with Crippen LogP contribution < -0.4 is 10.5 Å². The van der Waals surface area contributed by atoms with Crippen LogP contribution in [0.1, 0.15) is 24.0 Å². The Bertz CT molecular complexity index is 1370. The van der Waals surface area contributed by atoms with Gasteiger partial charge in [-0.15, -0.1) is 11.3 Å². The maximum Gasteiger partial charge on any atom is 0.275 e. The molecule has 0 atom stereocenters. The molecule has 1 saturated heterocycles. The molecule has 0 spiro atoms. The molecule has 1 aliphatic carbocycles. The number of pyridine rings is 1. The van der Waals surface area contributed by atoms with Crippen molar-refractivity contribution in [3.8, 4) is 5.69 Å². The third kappa shape index (κ3) is 3.14. The summed E-state index contributed by atoms with van der Waals surface area (Å²) >= 11 is 7.60. The first-order valence-electron chi connectivity index (χ1n) is 10.6. The number of nitrogens with zero attached hydrogens (tertiary/aromatic N) is 4. The molecule has 0 N–H and O–H groups in total. The molecule has 0 saturated carbocycles. The predicted octanol–water partition coefficient (Wildman–Crippen LogP) is 4.36. The first-order valence-corrected chi connectivity index (χ1v) is 11.8. The summed E-state index contributed by atoms with van der Waals surface area (Å²) in [7, 11) is 0. The minimum atomic E-state index is -0.0762. The van der Waals surface area contributed by atoms with Crippen molar-refractivity contribution < 1.29 is 4.74 Å². The fourth-order valence-corrected chi connectivity index (χ4v) is 6.01. The number of fused-ring (bicyclic) bond motifs is 5. The number of hydrogen-bond donors (Lipinski definition) is 0. The molecular weight excluding hydrogens is 432 g/mol. The van der Waals surface area contributed by atoms with Gasteiger partial charge in [0.05, 0.1) is 24.4 Å². The van der Waals surface area contributed by atoms with Gasteiger partial charge in [0.25, 0.3) is 5.56 Å². The molecule has 3 aromatic heterocycles. The smallest absolute Gasteiger partial charge is 0.275 e. The number of halogens is 1. The number of thiophene rings is 1. The summed E-state index contributed by atoms with van der Waals surface area (Å²) in [6, 6.07) is 7.28. The third-order valence-electron chi connectivity index (χ3n) is 6.22. The van der Waals surface area contributed by atoms with Crippen molar-refractivity contribution in [2.75, 3.05) is 31.2 Å². The zero-order valence-electron chi connectivity index (χ0n) is 16.9. The van der Waals surface area contributed by atoms with Gasteiger partial charge < -0.3 is 9.64 Å². The van der Waals surface area contributed by atoms with Crippen LogP contribution in [0.3, 0.4) is 0 Å². The molecule has 0 bridgehead atoms. The zero-order valence-corrected chi connectivity index (χ0v) is 18.5. The fraction of sp³-hybridized carbons (Fsp3) is 0.348. The second-order valence-electron chi connectivity index (χ2n) is 8.06. The van der Waals surface area contributed by atoms with Crippen LogP contribution in [-0.4, -0.2) is 40.8 Å². The Labute approximate surface area is 188 Å². The second kappa shape index (κ2) is 7.58. The highest BCUT2D eigenvalue weighted by atomic mass is 35.5. The number of rotatable bonds is 2. The number of ether oxygens (including phenoxy) is 1. The molecule has 1 aromatic carbocycles. The van der Waals surface area contributed by atoms with Gasteiger partial charge in [-0.3, -0.25) is 9.36 Å². The number of aromatic nitrogens is 3. The van der Waals surface area contributed by atoms with Crippen molar-refractivity contribution in [2.24, 2.45) is 0 Å². The van der Waals surface area contributed by atoms with E-state index in [-0.39, 0.29) is 5.56 Å². The Kier molecular flexibility index (Phi) is 4.70. The summed E-state index contributed by atoms with van der Waals surface area (Å²) in [4.78, 5) is 26.5. The lowest BCUT2D eigenvalue weighted by Gasteiger charge is -2.31. The number of morpholine rings is 1. The zero-order chi connectivity index (χ0) is 20.9. The largest absolute Gasteiger partial charge is 0.378 e. The molecule has 8 heteroatoms. The van der Waals surface area contributed by atoms with Crippen LogP contribution in [0.15, 0.2) is 35.4 Å². The van der Waals surface area contributed by atoms with Gasteiger partial charge in [0.2, 0.25) is 0 Å². The standard InChI is InChI=1S/C23H21ClN4O2S/c24-14-4-3-5-15(12-14)28-13-25-19-18-16-6-1-2-7-17(16)21(27-8-10-30-11-9-27)26-22(18)31-20(19)23(28)29/h3-5,12-13H,1-2,6-11H2. The Morgan fingerprint density at radius 3 is 2.71 bits per heavy atom. The van der Waals surface area contributed by atoms with E-state index in [0.29, 0.717) is 15.4 Å². The average Bonchev–Trinajstić information content (AvgIpc) is 3.19. The van der Waals surface area contributed by atoms with Crippen molar-refractivity contribution in [1.82, 2.24) is 14.5 Å². The molecule has 1 fully saturated rings. The number of hydrogen-bond acceptors (Lipinski definition) is 6. The van der Waals surface area contributed by atoms with E-state index in [2.05, 4.69) is 4.90 Å². The van der Waals surface area contributed by atoms with E-state index in [1.54, 1.807) is 23.0 Å². The Morgan fingerprint density at radius 1 is 1.10 bits per heavy atom. The van der Waals surface area contributed by atoms with Gasteiger partial charge in [-0.25, -0.2) is 9.97 Å². The molecule has 0 amide bonds. The van der Waals surface area contributed by atoms with E-state index in [1.807, 2.05) is 12.1 Å². The summed E-state index contributed by atoms with van der Waals surface area (Å²) < 4.78 is 7.77. The highest BCUT2D eigenvalue weighted by Gasteiger charge is 2.26. The van der Waals surface area contributed by atoms with Crippen LogP contribution in [0, 0.1) is 0 Å². The lowest BCUT2D eigenvalue weighted by atomic mass is 9.90. The number of aryl methyl sites for hydroxylation is 1. The van der Waals surface area contributed by atoms with Gasteiger partial charge in [-0.1, -0.05) is 17.7 Å². The fourth-order valence-electron chi connectivity index (χ4n) is 4.75. The molecule has 4 aromatic rings. The number of benzene rings is 1. The van der Waals surface area contributed by atoms with Crippen LogP contribution in [0.2, 0.25) is 5.02 Å². The highest BCUT2D eigenvalue weighted by Crippen LogP contribution is 2.40. The lowest BCUT2D eigenvalue weighted by molar-refractivity contribution is 0.122. The summed E-state index contributed by atoms with van der Waals surface area (Å²) in [5.74, 6) is 1.08. The second-order valence-corrected chi connectivity index (χ2v) is 9.49. The summed E-state index contributed by atoms with van der Waals surface area (Å²) in [5, 5.41) is 1.66. The Balaban J connectivity index is 1.60. The normalized spacial score (nSPS) is 16.7. The molecule has 6 nitrogen and oxygen atoms in total. The molecule has 0 unspecified atom stereocenters. The minimum absolute atomic E-state index is 0.0762. The van der Waals surface area contributed by atoms with Gasteiger partial charge in [-0.2, -0.15) is 0 Å². The quantitative estimate of drug-likeness (QED) is 0.452. The molecule has 1 aliphatic heterocycles. The van der Waals surface area contributed by atoms with Gasteiger partial charge >= 0.3 is 0 Å². The molecule has 0 radical (unpaired) electrons. The SMILES string of the molecule is O=c1c2sc3nc(N4CCOCC4)c4c(c3c2ncn1-c1cccc(Cl)c1)CCCC4. The topological polar surface area (TPSA) is 60.3 Å². The molecular formula is C23H21ClN4O2S. The predicted molar refractivity (Wildman–Crippen MR) is 125 cm³/mol. The van der Waals surface area contributed by atoms with E-state index >= 15 is 0 Å². The van der Waals surface area contributed by atoms with Crippen LogP contribution in [0.5, 0.6) is 0 Å². The van der Waals surface area contributed by atoms with Gasteiger partial charge in [0.15, 0.2) is 0 Å². The van der Waals surface area contributed by atoms with E-state index in [0.717, 1.165) is 67.1 Å². The van der Waals surface area contributed by atoms with Crippen molar-refractivity contribution in [1.29, 1.82) is 0 Å². The van der Waals surface area contributed by atoms with Crippen LogP contribution >= 0.6 is 22.9 Å². The Hall–Kier alpha value is -2.48. The molecule has 4 heterocycles. The third-order valence-corrected chi connectivity index (χ3v) is 7.52. The van der Waals surface area contributed by atoms with Crippen molar-refractivity contribution in [3.05, 3.63) is 57.1 Å². The van der Waals surface area contributed by atoms with Crippen molar-refractivity contribution in [2.45, 2.75) is 25.7 Å². The summed E-state index contributed by atoms with van der Waals surface area (Å²) in [5.41, 5.74) is 4.08. The van der Waals surface area contributed by atoms with E-state index in [1.165, 1.54) is 28.9 Å². The maximum atomic E-state index is 13.4. The first-order chi connectivity index (χ1) is 15.2. The van der Waals surface area contributed by atoms with E-state index in [9.17, 15) is 4.79 Å². The van der Waals surface area contributed by atoms with E-state index < -0.39 is 0 Å². The van der Waals surface area contributed by atoms with Crippen molar-refractivity contribution >= 4 is 49.2 Å². The highest BCUT2D eigenvalue weighted by molar-refractivity contribution is 7.25. The minimum Gasteiger partial charge on any atom is -0.378 e. The van der Waals surface area contributed by atoms with E-state index in [4.69, 9.17) is 26.3 Å². The molecule has 6 rings (SSSR count). The molecule has 2 aliphatic rings. The van der Waals surface area contributed by atoms with Crippen LogP contribution in [0.25, 0.3) is 26.1 Å². The van der Waals surface area contributed by atoms with Crippen LogP contribution in [-0.2, 0) is 17.6 Å². The first kappa shape index (κ1) is 19.2. The lowest BCUT2D eigenvalue weighted by Crippen LogP contribution is -2.37. The van der Waals surface area contributed by atoms with Crippen molar-refractivity contribution in [3.63, 3.8) is 0 Å². The molecule has 31 heavy (non-hydrogen) atoms. The average molecular weight is 453 g/mol. The summed E-state index contributed by atoms with van der Waals surface area (Å²) in [6.07, 6.45) is 5.99. The van der Waals surface area contributed by atoms with Gasteiger partial charge in [0.1, 0.15) is 21.7 Å². The summed E-state index contributed by atoms with van der Waals surface area (Å²) in [6.45, 7) is 3.17. The monoisotopic (exact) mass is 452 g/mol. The maximum absolute atomic E-state index is 13.4. The van der Waals surface area contributed by atoms with Gasteiger partial charge in [0, 0.05) is 23.5 Å². The number of anilines is 1. The molecule has 158 valence electrons. The van der Waals surface area contributed by atoms with Crippen LogP contribution in [0.4, 0.5) is 5.82 Å². The Morgan fingerprint density at radius 2 is 1.90 bits per heavy atom.